The van der Waals surface area contributed by atoms with Crippen LogP contribution < -0.4 is 11.1 Å². The van der Waals surface area contributed by atoms with E-state index in [1.54, 1.807) is 0 Å². The van der Waals surface area contributed by atoms with Gasteiger partial charge in [-0.05, 0) is 25.3 Å². The molecule has 3 heteroatoms. The van der Waals surface area contributed by atoms with E-state index in [0.717, 1.165) is 18.4 Å². The summed E-state index contributed by atoms with van der Waals surface area (Å²) in [6.45, 7) is 2.59. The minimum Gasteiger partial charge on any atom is -0.349 e. The highest BCUT2D eigenvalue weighted by Crippen LogP contribution is 2.27. The van der Waals surface area contributed by atoms with Gasteiger partial charge in [-0.1, -0.05) is 49.1 Å². The highest BCUT2D eigenvalue weighted by molar-refractivity contribution is 5.79. The van der Waals surface area contributed by atoms with E-state index in [1.807, 2.05) is 25.1 Å². The number of carbonyl (C=O) groups excluding carboxylic acids is 1. The number of aryl methyl sites for hydroxylation is 1. The van der Waals surface area contributed by atoms with E-state index in [4.69, 9.17) is 5.73 Å². The Morgan fingerprint density at radius 3 is 2.68 bits per heavy atom. The summed E-state index contributed by atoms with van der Waals surface area (Å²) in [7, 11) is 0. The Kier molecular flexibility index (Phi) is 4.59. The lowest BCUT2D eigenvalue weighted by atomic mass is 9.81. The molecule has 0 unspecified atom stereocenters. The highest BCUT2D eigenvalue weighted by atomic mass is 16.1. The molecule has 1 aromatic rings. The lowest BCUT2D eigenvalue weighted by Crippen LogP contribution is -2.55. The summed E-state index contributed by atoms with van der Waals surface area (Å²) in [4.78, 5) is 12.2. The van der Waals surface area contributed by atoms with Crippen LogP contribution in [0.1, 0.15) is 43.2 Å². The minimum atomic E-state index is -0.154. The Morgan fingerprint density at radius 2 is 2.05 bits per heavy atom. The molecule has 0 heterocycles. The number of amides is 1. The second-order valence-corrected chi connectivity index (χ2v) is 5.76. The van der Waals surface area contributed by atoms with E-state index < -0.39 is 0 Å². The molecule has 1 saturated carbocycles. The first-order chi connectivity index (χ1) is 9.13. The third-order valence-electron chi connectivity index (χ3n) is 4.05. The van der Waals surface area contributed by atoms with Crippen LogP contribution in [0.15, 0.2) is 24.3 Å². The Labute approximate surface area is 115 Å². The van der Waals surface area contributed by atoms with Gasteiger partial charge in [0.1, 0.15) is 0 Å². The molecule has 1 fully saturated rings. The van der Waals surface area contributed by atoms with E-state index in [1.165, 1.54) is 24.8 Å². The largest absolute Gasteiger partial charge is 0.349 e. The van der Waals surface area contributed by atoms with Gasteiger partial charge in [0, 0.05) is 6.54 Å². The first kappa shape index (κ1) is 14.1. The zero-order chi connectivity index (χ0) is 13.7. The quantitative estimate of drug-likeness (QED) is 0.873. The molecule has 0 atom stereocenters. The molecule has 104 valence electrons. The number of hydrogen-bond acceptors (Lipinski definition) is 2. The molecule has 1 aliphatic rings. The van der Waals surface area contributed by atoms with Crippen LogP contribution in [0.4, 0.5) is 0 Å². The molecule has 0 radical (unpaired) electrons. The predicted molar refractivity (Wildman–Crippen MR) is 77.9 cm³/mol. The first-order valence-corrected chi connectivity index (χ1v) is 7.20. The highest BCUT2D eigenvalue weighted by Gasteiger charge is 2.31. The lowest BCUT2D eigenvalue weighted by Gasteiger charge is -2.37. The summed E-state index contributed by atoms with van der Waals surface area (Å²) in [6.07, 6.45) is 6.08. The Balaban J connectivity index is 1.96. The van der Waals surface area contributed by atoms with Crippen LogP contribution in [0.2, 0.25) is 0 Å². The van der Waals surface area contributed by atoms with Crippen LogP contribution in [-0.4, -0.2) is 18.0 Å². The molecule has 1 amide bonds. The Morgan fingerprint density at radius 1 is 1.32 bits per heavy atom. The number of hydrogen-bond donors (Lipinski definition) is 2. The van der Waals surface area contributed by atoms with Crippen LogP contribution in [0.5, 0.6) is 0 Å². The van der Waals surface area contributed by atoms with E-state index in [2.05, 4.69) is 11.4 Å². The van der Waals surface area contributed by atoms with Crippen LogP contribution >= 0.6 is 0 Å². The van der Waals surface area contributed by atoms with Gasteiger partial charge in [0.05, 0.1) is 12.0 Å². The van der Waals surface area contributed by atoms with Gasteiger partial charge in [-0.15, -0.1) is 0 Å². The summed E-state index contributed by atoms with van der Waals surface area (Å²) >= 11 is 0. The average molecular weight is 260 g/mol. The fourth-order valence-corrected chi connectivity index (χ4v) is 2.96. The van der Waals surface area contributed by atoms with Crippen LogP contribution in [0, 0.1) is 6.92 Å². The maximum Gasteiger partial charge on any atom is 0.224 e. The normalized spacial score (nSPS) is 18.0. The molecule has 3 N–H and O–H groups in total. The lowest BCUT2D eigenvalue weighted by molar-refractivity contribution is -0.122. The number of benzene rings is 1. The second-order valence-electron chi connectivity index (χ2n) is 5.76. The molecule has 0 aromatic heterocycles. The number of nitrogens with two attached hydrogens (primary N) is 1. The third kappa shape index (κ3) is 3.80. The summed E-state index contributed by atoms with van der Waals surface area (Å²) in [5, 5.41) is 3.19. The molecule has 19 heavy (non-hydrogen) atoms. The number of nitrogens with one attached hydrogen (secondary N) is 1. The SMILES string of the molecule is Cc1cccc(CC(=O)NC2(CN)CCCCC2)c1. The van der Waals surface area contributed by atoms with Crippen molar-refractivity contribution in [3.63, 3.8) is 0 Å². The monoisotopic (exact) mass is 260 g/mol. The first-order valence-electron chi connectivity index (χ1n) is 7.20. The molecule has 1 aromatic carbocycles. The Bertz CT molecular complexity index is 436. The number of carbonyl (C=O) groups is 1. The molecule has 2 rings (SSSR count). The van der Waals surface area contributed by atoms with E-state index in [-0.39, 0.29) is 11.4 Å². The van der Waals surface area contributed by atoms with E-state index >= 15 is 0 Å². The van der Waals surface area contributed by atoms with Crippen molar-refractivity contribution in [3.05, 3.63) is 35.4 Å². The summed E-state index contributed by atoms with van der Waals surface area (Å²) < 4.78 is 0. The topological polar surface area (TPSA) is 55.1 Å². The van der Waals surface area contributed by atoms with Crippen molar-refractivity contribution in [1.29, 1.82) is 0 Å². The molecule has 0 aliphatic heterocycles. The molecular weight excluding hydrogens is 236 g/mol. The van der Waals surface area contributed by atoms with Gasteiger partial charge in [-0.25, -0.2) is 0 Å². The van der Waals surface area contributed by atoms with Crippen LogP contribution in [0.25, 0.3) is 0 Å². The zero-order valence-corrected chi connectivity index (χ0v) is 11.7. The van der Waals surface area contributed by atoms with Gasteiger partial charge in [0.2, 0.25) is 5.91 Å². The second kappa shape index (κ2) is 6.20. The van der Waals surface area contributed by atoms with Crippen LogP contribution in [-0.2, 0) is 11.2 Å². The van der Waals surface area contributed by atoms with Gasteiger partial charge in [0.15, 0.2) is 0 Å². The summed E-state index contributed by atoms with van der Waals surface area (Å²) in [6, 6.07) is 8.11. The van der Waals surface area contributed by atoms with Crippen molar-refractivity contribution in [3.8, 4) is 0 Å². The molecule has 3 nitrogen and oxygen atoms in total. The zero-order valence-electron chi connectivity index (χ0n) is 11.7. The minimum absolute atomic E-state index is 0.0953. The maximum atomic E-state index is 12.2. The van der Waals surface area contributed by atoms with Gasteiger partial charge < -0.3 is 11.1 Å². The molecule has 0 bridgehead atoms. The van der Waals surface area contributed by atoms with Crippen molar-refractivity contribution < 1.29 is 4.79 Å². The van der Waals surface area contributed by atoms with Crippen molar-refractivity contribution in [2.45, 2.75) is 51.0 Å². The van der Waals surface area contributed by atoms with Gasteiger partial charge in [-0.3, -0.25) is 4.79 Å². The van der Waals surface area contributed by atoms with Gasteiger partial charge >= 0.3 is 0 Å². The molecular formula is C16H24N2O. The third-order valence-corrected chi connectivity index (χ3v) is 4.05. The van der Waals surface area contributed by atoms with Crippen molar-refractivity contribution in [2.75, 3.05) is 6.54 Å². The van der Waals surface area contributed by atoms with E-state index in [9.17, 15) is 4.79 Å². The predicted octanol–water partition coefficient (Wildman–Crippen LogP) is 2.32. The Hall–Kier alpha value is -1.35. The molecule has 1 aliphatic carbocycles. The smallest absolute Gasteiger partial charge is 0.224 e. The van der Waals surface area contributed by atoms with E-state index in [0.29, 0.717) is 13.0 Å². The average Bonchev–Trinajstić information content (AvgIpc) is 2.39. The summed E-state index contributed by atoms with van der Waals surface area (Å²) in [5.74, 6) is 0.0953. The fourth-order valence-electron chi connectivity index (χ4n) is 2.96. The fraction of sp³-hybridized carbons (Fsp3) is 0.562. The maximum absolute atomic E-state index is 12.2. The molecule has 0 spiro atoms. The standard InChI is InChI=1S/C16H24N2O/c1-13-6-5-7-14(10-13)11-15(19)18-16(12-17)8-3-2-4-9-16/h5-7,10H,2-4,8-9,11-12,17H2,1H3,(H,18,19). The van der Waals surface area contributed by atoms with Gasteiger partial charge in [0.25, 0.3) is 0 Å². The number of rotatable bonds is 4. The van der Waals surface area contributed by atoms with Crippen LogP contribution in [0.3, 0.4) is 0 Å². The van der Waals surface area contributed by atoms with Crippen molar-refractivity contribution in [1.82, 2.24) is 5.32 Å². The molecule has 0 saturated heterocycles. The van der Waals surface area contributed by atoms with Crippen molar-refractivity contribution >= 4 is 5.91 Å². The van der Waals surface area contributed by atoms with Crippen molar-refractivity contribution in [2.24, 2.45) is 5.73 Å². The summed E-state index contributed by atoms with van der Waals surface area (Å²) in [5.41, 5.74) is 8.00. The van der Waals surface area contributed by atoms with Gasteiger partial charge in [-0.2, -0.15) is 0 Å².